The van der Waals surface area contributed by atoms with E-state index in [4.69, 9.17) is 4.42 Å². The van der Waals surface area contributed by atoms with Gasteiger partial charge in [0.1, 0.15) is 0 Å². The molecule has 1 aromatic heterocycles. The Morgan fingerprint density at radius 1 is 1.07 bits per heavy atom. The van der Waals surface area contributed by atoms with Gasteiger partial charge in [-0.15, -0.1) is 10.2 Å². The topological polar surface area (TPSA) is 68.0 Å². The van der Waals surface area contributed by atoms with Crippen LogP contribution in [0.2, 0.25) is 0 Å². The number of carbonyl (C=O) groups is 1. The fraction of sp³-hybridized carbons (Fsp3) is 0.286. The third-order valence-electron chi connectivity index (χ3n) is 4.44. The van der Waals surface area contributed by atoms with E-state index < -0.39 is 0 Å². The van der Waals surface area contributed by atoms with E-state index in [1.54, 1.807) is 0 Å². The van der Waals surface area contributed by atoms with Crippen LogP contribution < -0.4 is 5.32 Å². The minimum Gasteiger partial charge on any atom is -0.411 e. The number of nitrogens with zero attached hydrogens (tertiary/aromatic N) is 2. The van der Waals surface area contributed by atoms with E-state index in [-0.39, 0.29) is 11.2 Å². The molecule has 1 N–H and O–H groups in total. The van der Waals surface area contributed by atoms with Gasteiger partial charge in [0.25, 0.3) is 5.22 Å². The first-order valence-corrected chi connectivity index (χ1v) is 9.91. The lowest BCUT2D eigenvalue weighted by molar-refractivity contribution is -0.115. The number of aromatic nitrogens is 2. The fourth-order valence-electron chi connectivity index (χ4n) is 2.65. The van der Waals surface area contributed by atoms with Crippen LogP contribution >= 0.6 is 11.8 Å². The van der Waals surface area contributed by atoms with Gasteiger partial charge in [0.05, 0.1) is 5.25 Å². The molecule has 0 saturated heterocycles. The molecule has 2 aromatic carbocycles. The molecular weight excluding hydrogens is 358 g/mol. The molecule has 3 aromatic rings. The zero-order valence-electron chi connectivity index (χ0n) is 15.7. The number of thioether (sulfide) groups is 1. The zero-order valence-corrected chi connectivity index (χ0v) is 16.5. The van der Waals surface area contributed by atoms with Crippen LogP contribution in [0.3, 0.4) is 0 Å². The van der Waals surface area contributed by atoms with Crippen molar-refractivity contribution in [3.63, 3.8) is 0 Å². The maximum Gasteiger partial charge on any atom is 0.277 e. The average Bonchev–Trinajstić information content (AvgIpc) is 3.17. The molecule has 2 atom stereocenters. The predicted molar refractivity (Wildman–Crippen MR) is 109 cm³/mol. The van der Waals surface area contributed by atoms with E-state index in [2.05, 4.69) is 35.4 Å². The summed E-state index contributed by atoms with van der Waals surface area (Å²) in [5, 5.41) is 11.2. The number of nitrogens with one attached hydrogen (secondary N) is 1. The van der Waals surface area contributed by atoms with Gasteiger partial charge in [-0.25, -0.2) is 0 Å². The molecule has 1 heterocycles. The summed E-state index contributed by atoms with van der Waals surface area (Å²) in [4.78, 5) is 12.6. The summed E-state index contributed by atoms with van der Waals surface area (Å²) in [5.74, 6) is 0.747. The number of para-hydroxylation sites is 1. The molecule has 0 aliphatic rings. The number of hydrogen-bond acceptors (Lipinski definition) is 5. The monoisotopic (exact) mass is 381 g/mol. The van der Waals surface area contributed by atoms with Gasteiger partial charge in [-0.05, 0) is 43.0 Å². The molecule has 0 aliphatic heterocycles. The highest BCUT2D eigenvalue weighted by Crippen LogP contribution is 2.29. The van der Waals surface area contributed by atoms with Crippen molar-refractivity contribution in [3.05, 3.63) is 60.2 Å². The van der Waals surface area contributed by atoms with E-state index in [1.807, 2.05) is 55.5 Å². The van der Waals surface area contributed by atoms with Crippen LogP contribution in [-0.4, -0.2) is 21.4 Å². The highest BCUT2D eigenvalue weighted by molar-refractivity contribution is 8.00. The summed E-state index contributed by atoms with van der Waals surface area (Å²) >= 11 is 1.25. The highest BCUT2D eigenvalue weighted by atomic mass is 32.2. The van der Waals surface area contributed by atoms with Crippen LogP contribution in [0.4, 0.5) is 5.69 Å². The van der Waals surface area contributed by atoms with Crippen molar-refractivity contribution in [1.29, 1.82) is 0 Å². The second-order valence-corrected chi connectivity index (χ2v) is 7.68. The molecule has 5 nitrogen and oxygen atoms in total. The van der Waals surface area contributed by atoms with Crippen LogP contribution in [-0.2, 0) is 4.79 Å². The molecule has 3 rings (SSSR count). The van der Waals surface area contributed by atoms with E-state index in [1.165, 1.54) is 11.8 Å². The van der Waals surface area contributed by atoms with Gasteiger partial charge in [0.15, 0.2) is 0 Å². The Hall–Kier alpha value is -2.60. The van der Waals surface area contributed by atoms with Crippen LogP contribution in [0.15, 0.2) is 64.2 Å². The van der Waals surface area contributed by atoms with Crippen molar-refractivity contribution in [2.24, 2.45) is 0 Å². The van der Waals surface area contributed by atoms with Gasteiger partial charge in [-0.1, -0.05) is 62.0 Å². The summed E-state index contributed by atoms with van der Waals surface area (Å²) in [7, 11) is 0. The van der Waals surface area contributed by atoms with Gasteiger partial charge < -0.3 is 9.73 Å². The first-order chi connectivity index (χ1) is 13.1. The molecule has 0 unspecified atom stereocenters. The van der Waals surface area contributed by atoms with Gasteiger partial charge in [0.2, 0.25) is 11.8 Å². The van der Waals surface area contributed by atoms with Crippen molar-refractivity contribution >= 4 is 23.4 Å². The molecular formula is C21H23N3O2S. The Bertz CT molecular complexity index is 895. The molecule has 0 aliphatic carbocycles. The van der Waals surface area contributed by atoms with Gasteiger partial charge in [-0.2, -0.15) is 0 Å². The van der Waals surface area contributed by atoms with Crippen molar-refractivity contribution in [3.8, 4) is 11.5 Å². The predicted octanol–water partition coefficient (Wildman–Crippen LogP) is 5.37. The van der Waals surface area contributed by atoms with E-state index in [0.29, 0.717) is 17.0 Å². The first-order valence-electron chi connectivity index (χ1n) is 9.03. The average molecular weight is 382 g/mol. The van der Waals surface area contributed by atoms with Crippen LogP contribution in [0.5, 0.6) is 0 Å². The second kappa shape index (κ2) is 8.86. The second-order valence-electron chi connectivity index (χ2n) is 6.39. The highest BCUT2D eigenvalue weighted by Gasteiger charge is 2.20. The summed E-state index contributed by atoms with van der Waals surface area (Å²) < 4.78 is 5.68. The molecule has 0 spiro atoms. The number of benzene rings is 2. The Morgan fingerprint density at radius 2 is 1.78 bits per heavy atom. The number of carbonyl (C=O) groups excluding carboxylic acids is 1. The Labute approximate surface area is 163 Å². The molecule has 27 heavy (non-hydrogen) atoms. The molecule has 0 bridgehead atoms. The van der Waals surface area contributed by atoms with Crippen LogP contribution in [0.1, 0.15) is 38.7 Å². The van der Waals surface area contributed by atoms with E-state index >= 15 is 0 Å². The van der Waals surface area contributed by atoms with Gasteiger partial charge in [0, 0.05) is 11.3 Å². The molecule has 6 heteroatoms. The fourth-order valence-corrected chi connectivity index (χ4v) is 3.34. The SMILES string of the molecule is CC[C@H](C)c1ccccc1NC(=O)[C@H](C)Sc1nnc(-c2ccccc2)o1. The molecule has 0 fully saturated rings. The van der Waals surface area contributed by atoms with Gasteiger partial charge in [-0.3, -0.25) is 4.79 Å². The lowest BCUT2D eigenvalue weighted by Gasteiger charge is -2.17. The van der Waals surface area contributed by atoms with Crippen molar-refractivity contribution in [2.45, 2.75) is 43.6 Å². The zero-order chi connectivity index (χ0) is 19.2. The third kappa shape index (κ3) is 4.77. The van der Waals surface area contributed by atoms with E-state index in [0.717, 1.165) is 23.2 Å². The summed E-state index contributed by atoms with van der Waals surface area (Å²) in [6.07, 6.45) is 1.02. The number of amides is 1. The largest absolute Gasteiger partial charge is 0.411 e. The summed E-state index contributed by atoms with van der Waals surface area (Å²) in [6, 6.07) is 17.5. The Morgan fingerprint density at radius 3 is 2.52 bits per heavy atom. The maximum atomic E-state index is 12.6. The van der Waals surface area contributed by atoms with Crippen LogP contribution in [0.25, 0.3) is 11.5 Å². The van der Waals surface area contributed by atoms with Crippen molar-refractivity contribution in [1.82, 2.24) is 10.2 Å². The minimum absolute atomic E-state index is 0.0878. The molecule has 0 radical (unpaired) electrons. The summed E-state index contributed by atoms with van der Waals surface area (Å²) in [6.45, 7) is 6.13. The number of hydrogen-bond donors (Lipinski definition) is 1. The lowest BCUT2D eigenvalue weighted by atomic mass is 9.97. The molecule has 0 saturated carbocycles. The quantitative estimate of drug-likeness (QED) is 0.557. The Balaban J connectivity index is 1.66. The smallest absolute Gasteiger partial charge is 0.277 e. The lowest BCUT2D eigenvalue weighted by Crippen LogP contribution is -2.23. The Kier molecular flexibility index (Phi) is 6.29. The number of rotatable bonds is 7. The minimum atomic E-state index is -0.362. The normalized spacial score (nSPS) is 13.1. The molecule has 1 amide bonds. The van der Waals surface area contributed by atoms with Crippen molar-refractivity contribution in [2.75, 3.05) is 5.32 Å². The number of anilines is 1. The van der Waals surface area contributed by atoms with Crippen molar-refractivity contribution < 1.29 is 9.21 Å². The van der Waals surface area contributed by atoms with Gasteiger partial charge >= 0.3 is 0 Å². The first kappa shape index (κ1) is 19.2. The third-order valence-corrected chi connectivity index (χ3v) is 5.37. The maximum absolute atomic E-state index is 12.6. The van der Waals surface area contributed by atoms with Crippen LogP contribution in [0, 0.1) is 0 Å². The van der Waals surface area contributed by atoms with E-state index in [9.17, 15) is 4.79 Å². The standard InChI is InChI=1S/C21H23N3O2S/c1-4-14(2)17-12-8-9-13-18(17)22-19(25)15(3)27-21-24-23-20(26-21)16-10-6-5-7-11-16/h5-15H,4H2,1-3H3,(H,22,25)/t14-,15-/m0/s1. The molecule has 140 valence electrons. The summed E-state index contributed by atoms with van der Waals surface area (Å²) in [5.41, 5.74) is 2.87.